The number of thiophene rings is 1. The molecule has 1 aliphatic heterocycles. The second-order valence-corrected chi connectivity index (χ2v) is 8.18. The van der Waals surface area contributed by atoms with Crippen LogP contribution in [0.15, 0.2) is 47.5 Å². The van der Waals surface area contributed by atoms with Gasteiger partial charge in [0.25, 0.3) is 11.5 Å². The minimum Gasteiger partial charge on any atom is -0.321 e. The Kier molecular flexibility index (Phi) is 4.28. The molecule has 0 bridgehead atoms. The zero-order valence-corrected chi connectivity index (χ0v) is 16.7. The monoisotopic (exact) mass is 405 g/mol. The molecule has 3 aromatic heterocycles. The molecule has 0 atom stereocenters. The zero-order valence-electron chi connectivity index (χ0n) is 15.9. The number of fused-ring (bicyclic) bond motifs is 2. The molecular formula is C21H19N5O2S. The van der Waals surface area contributed by atoms with E-state index in [1.54, 1.807) is 10.8 Å². The van der Waals surface area contributed by atoms with Crippen LogP contribution in [-0.4, -0.2) is 25.2 Å². The zero-order chi connectivity index (χ0) is 20.0. The third-order valence-electron chi connectivity index (χ3n) is 5.21. The fourth-order valence-electron chi connectivity index (χ4n) is 3.81. The average molecular weight is 405 g/mol. The van der Waals surface area contributed by atoms with Gasteiger partial charge in [-0.25, -0.2) is 4.98 Å². The number of hydrogen-bond donors (Lipinski definition) is 1. The number of amides is 1. The Morgan fingerprint density at radius 3 is 3.03 bits per heavy atom. The summed E-state index contributed by atoms with van der Waals surface area (Å²) in [6, 6.07) is 9.57. The van der Waals surface area contributed by atoms with E-state index in [-0.39, 0.29) is 11.5 Å². The van der Waals surface area contributed by atoms with Gasteiger partial charge in [-0.05, 0) is 42.7 Å². The van der Waals surface area contributed by atoms with Crippen LogP contribution in [0.3, 0.4) is 0 Å². The molecule has 0 fully saturated rings. The summed E-state index contributed by atoms with van der Waals surface area (Å²) < 4.78 is 3.57. The normalized spacial score (nSPS) is 13.0. The molecule has 146 valence electrons. The van der Waals surface area contributed by atoms with Crippen molar-refractivity contribution in [3.8, 4) is 0 Å². The van der Waals surface area contributed by atoms with E-state index in [0.717, 1.165) is 24.2 Å². The Bertz CT molecular complexity index is 1290. The van der Waals surface area contributed by atoms with Gasteiger partial charge in [0.1, 0.15) is 10.7 Å². The summed E-state index contributed by atoms with van der Waals surface area (Å²) >= 11 is 1.29. The molecule has 0 unspecified atom stereocenters. The smallest absolute Gasteiger partial charge is 0.266 e. The van der Waals surface area contributed by atoms with Crippen molar-refractivity contribution in [1.29, 1.82) is 0 Å². The first-order valence-corrected chi connectivity index (χ1v) is 10.3. The van der Waals surface area contributed by atoms with Gasteiger partial charge in [0.15, 0.2) is 0 Å². The van der Waals surface area contributed by atoms with Gasteiger partial charge in [-0.3, -0.25) is 18.8 Å². The van der Waals surface area contributed by atoms with Crippen molar-refractivity contribution < 1.29 is 4.79 Å². The lowest BCUT2D eigenvalue weighted by Gasteiger charge is -2.07. The van der Waals surface area contributed by atoms with E-state index in [4.69, 9.17) is 0 Å². The van der Waals surface area contributed by atoms with E-state index in [1.165, 1.54) is 11.3 Å². The number of hydrogen-bond acceptors (Lipinski definition) is 5. The third kappa shape index (κ3) is 3.15. The lowest BCUT2D eigenvalue weighted by molar-refractivity contribution is 0.103. The average Bonchev–Trinajstić information content (AvgIpc) is 3.43. The van der Waals surface area contributed by atoms with E-state index in [1.807, 2.05) is 48.1 Å². The Morgan fingerprint density at radius 2 is 2.21 bits per heavy atom. The van der Waals surface area contributed by atoms with E-state index >= 15 is 0 Å². The minimum atomic E-state index is -0.216. The van der Waals surface area contributed by atoms with Crippen molar-refractivity contribution in [2.24, 2.45) is 0 Å². The standard InChI is InChI=1S/C21H19N5O2S/c1-13-17-20(24-16-7-3-10-26(16)21(17)28)29-18(13)19(27)23-15-6-2-5-14(11-15)12-25-9-4-8-22-25/h2,4-6,8-9,11H,3,7,10,12H2,1H3,(H,23,27). The summed E-state index contributed by atoms with van der Waals surface area (Å²) in [5, 5.41) is 7.74. The molecule has 4 aromatic rings. The first-order valence-electron chi connectivity index (χ1n) is 9.50. The van der Waals surface area contributed by atoms with E-state index in [9.17, 15) is 9.59 Å². The van der Waals surface area contributed by atoms with Crippen molar-refractivity contribution in [1.82, 2.24) is 19.3 Å². The van der Waals surface area contributed by atoms with Crippen LogP contribution in [-0.2, 0) is 19.5 Å². The topological polar surface area (TPSA) is 81.8 Å². The number of carbonyl (C=O) groups excluding carboxylic acids is 1. The number of rotatable bonds is 4. The van der Waals surface area contributed by atoms with Crippen LogP contribution in [0.4, 0.5) is 5.69 Å². The van der Waals surface area contributed by atoms with Crippen LogP contribution in [0.1, 0.15) is 33.0 Å². The summed E-state index contributed by atoms with van der Waals surface area (Å²) in [4.78, 5) is 31.6. The maximum absolute atomic E-state index is 12.9. The molecule has 0 saturated carbocycles. The van der Waals surface area contributed by atoms with Gasteiger partial charge in [0.2, 0.25) is 0 Å². The molecule has 29 heavy (non-hydrogen) atoms. The van der Waals surface area contributed by atoms with Gasteiger partial charge in [0, 0.05) is 31.0 Å². The molecule has 1 aromatic carbocycles. The van der Waals surface area contributed by atoms with Gasteiger partial charge in [-0.1, -0.05) is 12.1 Å². The van der Waals surface area contributed by atoms with Crippen LogP contribution in [0, 0.1) is 6.92 Å². The molecule has 5 rings (SSSR count). The first kappa shape index (κ1) is 17.8. The molecule has 1 amide bonds. The quantitative estimate of drug-likeness (QED) is 0.565. The van der Waals surface area contributed by atoms with Crippen LogP contribution in [0.2, 0.25) is 0 Å². The summed E-state index contributed by atoms with van der Waals surface area (Å²) in [6.07, 6.45) is 5.39. The lowest BCUT2D eigenvalue weighted by Crippen LogP contribution is -2.20. The molecule has 0 radical (unpaired) electrons. The summed E-state index contributed by atoms with van der Waals surface area (Å²) in [7, 11) is 0. The molecular weight excluding hydrogens is 386 g/mol. The number of nitrogens with one attached hydrogen (secondary N) is 1. The highest BCUT2D eigenvalue weighted by Crippen LogP contribution is 2.29. The summed E-state index contributed by atoms with van der Waals surface area (Å²) in [5.74, 6) is 0.605. The maximum atomic E-state index is 12.9. The highest BCUT2D eigenvalue weighted by Gasteiger charge is 2.23. The highest BCUT2D eigenvalue weighted by molar-refractivity contribution is 7.20. The van der Waals surface area contributed by atoms with E-state index in [0.29, 0.717) is 39.4 Å². The fraction of sp³-hybridized carbons (Fsp3) is 0.238. The van der Waals surface area contributed by atoms with Crippen LogP contribution in [0.5, 0.6) is 0 Å². The van der Waals surface area contributed by atoms with Crippen molar-refractivity contribution in [3.63, 3.8) is 0 Å². The fourth-order valence-corrected chi connectivity index (χ4v) is 4.89. The van der Waals surface area contributed by atoms with Crippen molar-refractivity contribution in [2.45, 2.75) is 32.9 Å². The maximum Gasteiger partial charge on any atom is 0.266 e. The Balaban J connectivity index is 1.44. The predicted molar refractivity (Wildman–Crippen MR) is 113 cm³/mol. The molecule has 1 N–H and O–H groups in total. The Morgan fingerprint density at radius 1 is 1.31 bits per heavy atom. The number of aryl methyl sites for hydroxylation is 2. The molecule has 8 heteroatoms. The van der Waals surface area contributed by atoms with Crippen molar-refractivity contribution in [3.05, 3.63) is 74.9 Å². The number of nitrogens with zero attached hydrogens (tertiary/aromatic N) is 4. The summed E-state index contributed by atoms with van der Waals surface area (Å²) in [6.45, 7) is 3.16. The summed E-state index contributed by atoms with van der Waals surface area (Å²) in [5.41, 5.74) is 2.42. The van der Waals surface area contributed by atoms with Crippen LogP contribution < -0.4 is 10.9 Å². The largest absolute Gasteiger partial charge is 0.321 e. The van der Waals surface area contributed by atoms with Crippen LogP contribution >= 0.6 is 11.3 Å². The van der Waals surface area contributed by atoms with Gasteiger partial charge < -0.3 is 5.32 Å². The predicted octanol–water partition coefficient (Wildman–Crippen LogP) is 3.21. The molecule has 4 heterocycles. The van der Waals surface area contributed by atoms with Crippen LogP contribution in [0.25, 0.3) is 10.2 Å². The van der Waals surface area contributed by atoms with Crippen molar-refractivity contribution >= 4 is 33.1 Å². The Hall–Kier alpha value is -3.26. The van der Waals surface area contributed by atoms with E-state index in [2.05, 4.69) is 15.4 Å². The Labute approximate surface area is 170 Å². The number of benzene rings is 1. The number of aromatic nitrogens is 4. The SMILES string of the molecule is Cc1c(C(=O)Nc2cccc(Cn3cccn3)c2)sc2nc3n(c(=O)c12)CCC3. The number of carbonyl (C=O) groups is 1. The van der Waals surface area contributed by atoms with Crippen molar-refractivity contribution in [2.75, 3.05) is 5.32 Å². The van der Waals surface area contributed by atoms with Gasteiger partial charge in [-0.15, -0.1) is 11.3 Å². The molecule has 1 aliphatic rings. The second kappa shape index (κ2) is 6.97. The number of anilines is 1. The lowest BCUT2D eigenvalue weighted by atomic mass is 10.2. The molecule has 0 spiro atoms. The van der Waals surface area contributed by atoms with Gasteiger partial charge in [-0.2, -0.15) is 5.10 Å². The second-order valence-electron chi connectivity index (χ2n) is 7.18. The highest BCUT2D eigenvalue weighted by atomic mass is 32.1. The van der Waals surface area contributed by atoms with E-state index < -0.39 is 0 Å². The molecule has 0 saturated heterocycles. The van der Waals surface area contributed by atoms with Gasteiger partial charge >= 0.3 is 0 Å². The first-order chi connectivity index (χ1) is 14.1. The molecule has 0 aliphatic carbocycles. The minimum absolute atomic E-state index is 0.0310. The molecule has 7 nitrogen and oxygen atoms in total. The third-order valence-corrected chi connectivity index (χ3v) is 6.39. The van der Waals surface area contributed by atoms with Gasteiger partial charge in [0.05, 0.1) is 16.8 Å².